The maximum atomic E-state index is 13.2. The summed E-state index contributed by atoms with van der Waals surface area (Å²) in [6.45, 7) is 5.19. The highest BCUT2D eigenvalue weighted by molar-refractivity contribution is 7.89. The van der Waals surface area contributed by atoms with Gasteiger partial charge in [0.05, 0.1) is 26.9 Å². The van der Waals surface area contributed by atoms with Crippen LogP contribution >= 0.6 is 0 Å². The maximum Gasteiger partial charge on any atom is 0.246 e. The van der Waals surface area contributed by atoms with Gasteiger partial charge in [0.25, 0.3) is 0 Å². The topological polar surface area (TPSA) is 127 Å². The third kappa shape index (κ3) is 6.14. The highest BCUT2D eigenvalue weighted by Gasteiger charge is 2.31. The van der Waals surface area contributed by atoms with Gasteiger partial charge in [-0.3, -0.25) is 9.69 Å². The van der Waals surface area contributed by atoms with Crippen LogP contribution in [0.4, 0.5) is 5.69 Å². The smallest absolute Gasteiger partial charge is 0.246 e. The Labute approximate surface area is 228 Å². The van der Waals surface area contributed by atoms with Crippen LogP contribution < -0.4 is 10.1 Å². The molecular formula is C27H33N5O6S. The summed E-state index contributed by atoms with van der Waals surface area (Å²) in [5.74, 6) is 1.04. The number of benzene rings is 2. The number of aromatic nitrogens is 2. The number of rotatable bonds is 8. The highest BCUT2D eigenvalue weighted by Crippen LogP contribution is 2.31. The second kappa shape index (κ2) is 11.8. The van der Waals surface area contributed by atoms with E-state index in [2.05, 4.69) is 20.4 Å². The van der Waals surface area contributed by atoms with E-state index in [1.54, 1.807) is 12.1 Å². The third-order valence-electron chi connectivity index (χ3n) is 7.19. The van der Waals surface area contributed by atoms with E-state index in [4.69, 9.17) is 14.0 Å². The van der Waals surface area contributed by atoms with Crippen LogP contribution in [0.25, 0.3) is 11.4 Å². The summed E-state index contributed by atoms with van der Waals surface area (Å²) in [6.07, 6.45) is 1.33. The molecule has 2 aliphatic rings. The van der Waals surface area contributed by atoms with Gasteiger partial charge < -0.3 is 19.3 Å². The van der Waals surface area contributed by atoms with Crippen molar-refractivity contribution in [1.29, 1.82) is 0 Å². The Morgan fingerprint density at radius 3 is 2.56 bits per heavy atom. The fourth-order valence-electron chi connectivity index (χ4n) is 4.92. The molecule has 3 heterocycles. The lowest BCUT2D eigenvalue weighted by Gasteiger charge is -2.30. The molecule has 1 N–H and O–H groups in total. The van der Waals surface area contributed by atoms with Crippen molar-refractivity contribution < 1.29 is 27.2 Å². The fourth-order valence-corrected chi connectivity index (χ4v) is 6.51. The predicted octanol–water partition coefficient (Wildman–Crippen LogP) is 2.93. The molecule has 3 aromatic rings. The molecule has 1 amide bonds. The minimum atomic E-state index is -3.79. The number of carbonyl (C=O) groups is 1. The first-order chi connectivity index (χ1) is 18.8. The number of aryl methyl sites for hydroxylation is 1. The van der Waals surface area contributed by atoms with Gasteiger partial charge in [0.2, 0.25) is 27.6 Å². The van der Waals surface area contributed by atoms with Crippen LogP contribution in [0.2, 0.25) is 0 Å². The van der Waals surface area contributed by atoms with Gasteiger partial charge in [-0.15, -0.1) is 0 Å². The van der Waals surface area contributed by atoms with Gasteiger partial charge in [0, 0.05) is 30.3 Å². The van der Waals surface area contributed by atoms with E-state index in [0.717, 1.165) is 11.1 Å². The summed E-state index contributed by atoms with van der Waals surface area (Å²) >= 11 is 0. The van der Waals surface area contributed by atoms with Crippen LogP contribution in [-0.2, 0) is 26.1 Å². The van der Waals surface area contributed by atoms with E-state index in [-0.39, 0.29) is 35.6 Å². The molecule has 5 rings (SSSR count). The highest BCUT2D eigenvalue weighted by atomic mass is 32.2. The first kappa shape index (κ1) is 27.3. The number of carbonyl (C=O) groups excluding carboxylic acids is 1. The summed E-state index contributed by atoms with van der Waals surface area (Å²) in [5.41, 5.74) is 2.45. The minimum absolute atomic E-state index is 0.0316. The standard InChI is InChI=1S/C27H33N5O6S/c1-19-5-3-4-6-22(19)26-29-25(38-30-26)18-31-11-9-20(10-12-31)27(33)28-21-7-8-23(36-2)24(17-21)39(34,35)32-13-15-37-16-14-32/h3-8,17,20H,9-16,18H2,1-2H3,(H,28,33). The molecule has 0 spiro atoms. The van der Waals surface area contributed by atoms with E-state index in [9.17, 15) is 13.2 Å². The summed E-state index contributed by atoms with van der Waals surface area (Å²) in [4.78, 5) is 19.8. The molecular weight excluding hydrogens is 522 g/mol. The number of sulfonamides is 1. The molecule has 208 valence electrons. The van der Waals surface area contributed by atoms with Crippen molar-refractivity contribution in [3.05, 3.63) is 53.9 Å². The summed E-state index contributed by atoms with van der Waals surface area (Å²) < 4.78 is 44.0. The molecule has 0 atom stereocenters. The Hall–Kier alpha value is -3.32. The Morgan fingerprint density at radius 2 is 1.85 bits per heavy atom. The van der Waals surface area contributed by atoms with Crippen LogP contribution in [0.3, 0.4) is 0 Å². The van der Waals surface area contributed by atoms with Gasteiger partial charge in [0.15, 0.2) is 0 Å². The van der Waals surface area contributed by atoms with Crippen molar-refractivity contribution in [3.8, 4) is 17.1 Å². The predicted molar refractivity (Wildman–Crippen MR) is 144 cm³/mol. The number of nitrogens with zero attached hydrogens (tertiary/aromatic N) is 4. The quantitative estimate of drug-likeness (QED) is 0.446. The van der Waals surface area contributed by atoms with E-state index in [1.165, 1.54) is 17.5 Å². The first-order valence-electron chi connectivity index (χ1n) is 13.0. The normalized spacial score (nSPS) is 17.7. The van der Waals surface area contributed by atoms with E-state index < -0.39 is 10.0 Å². The molecule has 2 aliphatic heterocycles. The lowest BCUT2D eigenvalue weighted by molar-refractivity contribution is -0.121. The number of piperidine rings is 1. The van der Waals surface area contributed by atoms with Crippen LogP contribution in [0.1, 0.15) is 24.3 Å². The van der Waals surface area contributed by atoms with E-state index in [0.29, 0.717) is 63.1 Å². The molecule has 39 heavy (non-hydrogen) atoms. The number of hydrogen-bond donors (Lipinski definition) is 1. The number of likely N-dealkylation sites (tertiary alicyclic amines) is 1. The average Bonchev–Trinajstić information content (AvgIpc) is 3.42. The van der Waals surface area contributed by atoms with Gasteiger partial charge >= 0.3 is 0 Å². The zero-order valence-corrected chi connectivity index (χ0v) is 22.9. The summed E-state index contributed by atoms with van der Waals surface area (Å²) in [7, 11) is -2.36. The second-order valence-corrected chi connectivity index (χ2v) is 11.7. The molecule has 0 unspecified atom stereocenters. The maximum absolute atomic E-state index is 13.2. The number of nitrogens with one attached hydrogen (secondary N) is 1. The first-order valence-corrected chi connectivity index (χ1v) is 14.5. The molecule has 0 bridgehead atoms. The number of methoxy groups -OCH3 is 1. The average molecular weight is 556 g/mol. The molecule has 0 radical (unpaired) electrons. The molecule has 1 aromatic heterocycles. The van der Waals surface area contributed by atoms with Crippen molar-refractivity contribution in [3.63, 3.8) is 0 Å². The van der Waals surface area contributed by atoms with Crippen molar-refractivity contribution in [2.75, 3.05) is 51.8 Å². The zero-order chi connectivity index (χ0) is 27.4. The molecule has 0 saturated carbocycles. The van der Waals surface area contributed by atoms with Gasteiger partial charge in [-0.1, -0.05) is 29.4 Å². The molecule has 11 nitrogen and oxygen atoms in total. The molecule has 2 saturated heterocycles. The van der Waals surface area contributed by atoms with Gasteiger partial charge in [-0.05, 0) is 56.6 Å². The minimum Gasteiger partial charge on any atom is -0.495 e. The lowest BCUT2D eigenvalue weighted by Crippen LogP contribution is -2.40. The SMILES string of the molecule is COc1ccc(NC(=O)C2CCN(Cc3nc(-c4ccccc4C)no3)CC2)cc1S(=O)(=O)N1CCOCC1. The van der Waals surface area contributed by atoms with Crippen molar-refractivity contribution in [2.45, 2.75) is 31.2 Å². The zero-order valence-electron chi connectivity index (χ0n) is 22.1. The fraction of sp³-hybridized carbons (Fsp3) is 0.444. The molecule has 12 heteroatoms. The van der Waals surface area contributed by atoms with Crippen LogP contribution in [0, 0.1) is 12.8 Å². The van der Waals surface area contributed by atoms with Gasteiger partial charge in [-0.2, -0.15) is 9.29 Å². The molecule has 0 aliphatic carbocycles. The third-order valence-corrected chi connectivity index (χ3v) is 9.11. The summed E-state index contributed by atoms with van der Waals surface area (Å²) in [5, 5.41) is 7.04. The Bertz CT molecular complexity index is 1410. The monoisotopic (exact) mass is 555 g/mol. The lowest BCUT2D eigenvalue weighted by atomic mass is 9.96. The van der Waals surface area contributed by atoms with Crippen molar-refractivity contribution in [1.82, 2.24) is 19.3 Å². The van der Waals surface area contributed by atoms with Crippen LogP contribution in [0.15, 0.2) is 51.9 Å². The van der Waals surface area contributed by atoms with E-state index >= 15 is 0 Å². The Balaban J connectivity index is 1.18. The van der Waals surface area contributed by atoms with Crippen molar-refractivity contribution in [2.24, 2.45) is 5.92 Å². The second-order valence-electron chi connectivity index (χ2n) is 9.75. The van der Waals surface area contributed by atoms with Crippen molar-refractivity contribution >= 4 is 21.6 Å². The number of hydrogen-bond acceptors (Lipinski definition) is 9. The van der Waals surface area contributed by atoms with Gasteiger partial charge in [0.1, 0.15) is 10.6 Å². The largest absolute Gasteiger partial charge is 0.495 e. The number of anilines is 1. The Morgan fingerprint density at radius 1 is 1.10 bits per heavy atom. The number of amides is 1. The Kier molecular flexibility index (Phi) is 8.26. The number of morpholine rings is 1. The molecule has 2 aromatic carbocycles. The van der Waals surface area contributed by atoms with Gasteiger partial charge in [-0.25, -0.2) is 8.42 Å². The molecule has 2 fully saturated rings. The van der Waals surface area contributed by atoms with E-state index in [1.807, 2.05) is 31.2 Å². The number of ether oxygens (including phenoxy) is 2. The van der Waals surface area contributed by atoms with Crippen LogP contribution in [0.5, 0.6) is 5.75 Å². The van der Waals surface area contributed by atoms with Crippen LogP contribution in [-0.4, -0.2) is 80.2 Å². The summed E-state index contributed by atoms with van der Waals surface area (Å²) in [6, 6.07) is 12.6.